The number of halogens is 3. The normalized spacial score (nSPS) is 11.7. The summed E-state index contributed by atoms with van der Waals surface area (Å²) < 4.78 is 50.5. The fourth-order valence-corrected chi connectivity index (χ4v) is 3.77. The number of imidazole rings is 1. The minimum atomic E-state index is -4.76. The summed E-state index contributed by atoms with van der Waals surface area (Å²) in [6.07, 6.45) is -1.40. The van der Waals surface area contributed by atoms with Crippen molar-refractivity contribution < 1.29 is 27.6 Å². The van der Waals surface area contributed by atoms with Gasteiger partial charge in [0.15, 0.2) is 11.5 Å². The average Bonchev–Trinajstić information content (AvgIpc) is 3.32. The molecular weight excluding hydrogens is 501 g/mol. The lowest BCUT2D eigenvalue weighted by atomic mass is 10.0. The Hall–Kier alpha value is -5.11. The smallest absolute Gasteiger partial charge is 0.416 e. The van der Waals surface area contributed by atoms with Gasteiger partial charge in [0.1, 0.15) is 11.9 Å². The van der Waals surface area contributed by atoms with Crippen LogP contribution >= 0.6 is 0 Å². The lowest BCUT2D eigenvalue weighted by Crippen LogP contribution is -2.06. The van der Waals surface area contributed by atoms with E-state index in [1.54, 1.807) is 18.2 Å². The Morgan fingerprint density at radius 2 is 1.97 bits per heavy atom. The molecule has 0 fully saturated rings. The number of ether oxygens (including phenoxy) is 2. The number of rotatable bonds is 8. The van der Waals surface area contributed by atoms with Gasteiger partial charge in [0.25, 0.3) is 0 Å². The van der Waals surface area contributed by atoms with Crippen LogP contribution < -0.4 is 9.47 Å². The molecule has 1 aromatic heterocycles. The van der Waals surface area contributed by atoms with Gasteiger partial charge in [-0.2, -0.15) is 18.4 Å². The van der Waals surface area contributed by atoms with Crippen molar-refractivity contribution in [2.75, 3.05) is 7.11 Å². The third-order valence-electron chi connectivity index (χ3n) is 5.51. The van der Waals surface area contributed by atoms with Crippen LogP contribution in [0.1, 0.15) is 22.5 Å². The number of hydrogen-bond acceptors (Lipinski definition) is 6. The number of nitrogens with zero attached hydrogens (tertiary/aromatic N) is 3. The van der Waals surface area contributed by atoms with Crippen molar-refractivity contribution in [3.8, 4) is 23.3 Å². The average molecular weight is 520 g/mol. The fourth-order valence-electron chi connectivity index (χ4n) is 3.77. The Kier molecular flexibility index (Phi) is 7.16. The maximum Gasteiger partial charge on any atom is 0.416 e. The van der Waals surface area contributed by atoms with Crippen LogP contribution in [0.3, 0.4) is 0 Å². The lowest BCUT2D eigenvalue weighted by molar-refractivity contribution is -0.385. The number of nitro benzene ring substituents is 1. The van der Waals surface area contributed by atoms with Gasteiger partial charge in [0.05, 0.1) is 34.2 Å². The van der Waals surface area contributed by atoms with E-state index in [1.165, 1.54) is 13.2 Å². The van der Waals surface area contributed by atoms with Crippen LogP contribution in [-0.2, 0) is 12.6 Å². The Bertz CT molecular complexity index is 1580. The van der Waals surface area contributed by atoms with Crippen LogP contribution in [0.25, 0.3) is 22.7 Å². The van der Waals surface area contributed by atoms with Crippen LogP contribution in [0.2, 0.25) is 0 Å². The van der Waals surface area contributed by atoms with E-state index in [-0.39, 0.29) is 23.5 Å². The number of para-hydroxylation sites is 2. The summed E-state index contributed by atoms with van der Waals surface area (Å²) >= 11 is 0. The molecule has 0 aliphatic heterocycles. The molecule has 0 amide bonds. The molecule has 0 bridgehead atoms. The number of alkyl halides is 3. The second-order valence-electron chi connectivity index (χ2n) is 8.02. The van der Waals surface area contributed by atoms with Gasteiger partial charge in [-0.15, -0.1) is 6.58 Å². The first-order chi connectivity index (χ1) is 18.1. The minimum Gasteiger partial charge on any atom is -0.493 e. The highest BCUT2D eigenvalue weighted by Gasteiger charge is 2.33. The Morgan fingerprint density at radius 1 is 1.21 bits per heavy atom. The zero-order chi connectivity index (χ0) is 27.4. The van der Waals surface area contributed by atoms with Gasteiger partial charge >= 0.3 is 11.9 Å². The van der Waals surface area contributed by atoms with Crippen LogP contribution in [0.15, 0.2) is 67.3 Å². The molecule has 3 aromatic carbocycles. The quantitative estimate of drug-likeness (QED) is 0.115. The number of fused-ring (bicyclic) bond motifs is 1. The number of hydrogen-bond donors (Lipinski definition) is 1. The van der Waals surface area contributed by atoms with E-state index in [4.69, 9.17) is 9.47 Å². The molecule has 1 N–H and O–H groups in total. The van der Waals surface area contributed by atoms with Crippen molar-refractivity contribution in [3.63, 3.8) is 0 Å². The lowest BCUT2D eigenvalue weighted by Gasteiger charge is -2.16. The molecule has 38 heavy (non-hydrogen) atoms. The zero-order valence-electron chi connectivity index (χ0n) is 19.9. The third-order valence-corrected chi connectivity index (χ3v) is 5.51. The van der Waals surface area contributed by atoms with Crippen molar-refractivity contribution >= 4 is 28.4 Å². The Labute approximate surface area is 214 Å². The maximum absolute atomic E-state index is 13.1. The summed E-state index contributed by atoms with van der Waals surface area (Å²) in [7, 11) is 1.35. The molecule has 0 radical (unpaired) electrons. The van der Waals surface area contributed by atoms with Crippen molar-refractivity contribution in [2.24, 2.45) is 0 Å². The van der Waals surface area contributed by atoms with Gasteiger partial charge in [-0.25, -0.2) is 4.98 Å². The summed E-state index contributed by atoms with van der Waals surface area (Å²) in [6.45, 7) is 3.71. The predicted octanol–water partition coefficient (Wildman–Crippen LogP) is 7.08. The van der Waals surface area contributed by atoms with Gasteiger partial charge in [-0.3, -0.25) is 10.1 Å². The maximum atomic E-state index is 13.1. The minimum absolute atomic E-state index is 0.0645. The number of aromatic nitrogens is 2. The first kappa shape index (κ1) is 26.0. The van der Waals surface area contributed by atoms with Crippen LogP contribution in [0, 0.1) is 21.4 Å². The number of methoxy groups -OCH3 is 1. The Balaban J connectivity index is 1.79. The van der Waals surface area contributed by atoms with E-state index >= 15 is 0 Å². The summed E-state index contributed by atoms with van der Waals surface area (Å²) in [4.78, 5) is 18.1. The number of nitro groups is 1. The van der Waals surface area contributed by atoms with Gasteiger partial charge in [0.2, 0.25) is 5.75 Å². The predicted molar refractivity (Wildman–Crippen MR) is 135 cm³/mol. The summed E-state index contributed by atoms with van der Waals surface area (Å²) in [5.41, 5.74) is 0.662. The molecule has 0 unspecified atom stereocenters. The number of aromatic amines is 1. The molecule has 11 heteroatoms. The molecule has 4 rings (SSSR count). The van der Waals surface area contributed by atoms with Crippen LogP contribution in [-0.4, -0.2) is 22.0 Å². The molecule has 0 spiro atoms. The standard InChI is InChI=1S/C27H19F3N4O4/c1-3-6-17-11-16(12-18(15-31)26-32-20-7-4-5-8-21(20)33-26)13-24(37-2)25(17)38-23-10-9-19(27(28,29)30)14-22(23)34(35)36/h3-5,7-14H,1,6H2,2H3,(H,32,33)/b18-12+. The van der Waals surface area contributed by atoms with Gasteiger partial charge in [0, 0.05) is 11.6 Å². The number of benzene rings is 3. The van der Waals surface area contributed by atoms with E-state index in [0.29, 0.717) is 34.6 Å². The van der Waals surface area contributed by atoms with Crippen molar-refractivity contribution in [1.29, 1.82) is 5.26 Å². The zero-order valence-corrected chi connectivity index (χ0v) is 19.9. The monoisotopic (exact) mass is 520 g/mol. The molecule has 1 heterocycles. The number of H-pyrrole nitrogens is 1. The molecule has 0 aliphatic rings. The second-order valence-corrected chi connectivity index (χ2v) is 8.02. The molecule has 192 valence electrons. The highest BCUT2D eigenvalue weighted by molar-refractivity contribution is 5.90. The fraction of sp³-hybridized carbons (Fsp3) is 0.111. The van der Waals surface area contributed by atoms with Crippen molar-refractivity contribution in [1.82, 2.24) is 9.97 Å². The van der Waals surface area contributed by atoms with Crippen LogP contribution in [0.5, 0.6) is 17.2 Å². The molecule has 0 atom stereocenters. The summed E-state index contributed by atoms with van der Waals surface area (Å²) in [6, 6.07) is 14.6. The van der Waals surface area contributed by atoms with E-state index in [9.17, 15) is 28.5 Å². The largest absolute Gasteiger partial charge is 0.493 e. The molecule has 0 saturated carbocycles. The first-order valence-electron chi connectivity index (χ1n) is 11.1. The van der Waals surface area contributed by atoms with E-state index < -0.39 is 28.1 Å². The number of nitriles is 1. The third kappa shape index (κ3) is 5.34. The van der Waals surface area contributed by atoms with E-state index in [2.05, 4.69) is 22.6 Å². The van der Waals surface area contributed by atoms with Gasteiger partial charge in [-0.05, 0) is 54.5 Å². The van der Waals surface area contributed by atoms with Crippen molar-refractivity contribution in [2.45, 2.75) is 12.6 Å². The molecule has 0 saturated heterocycles. The number of allylic oxidation sites excluding steroid dienone is 2. The molecule has 4 aromatic rings. The Morgan fingerprint density at radius 3 is 2.61 bits per heavy atom. The summed E-state index contributed by atoms with van der Waals surface area (Å²) in [5.74, 6) is 0.176. The number of nitrogens with one attached hydrogen (secondary N) is 1. The molecule has 0 aliphatic carbocycles. The van der Waals surface area contributed by atoms with Crippen LogP contribution in [0.4, 0.5) is 18.9 Å². The van der Waals surface area contributed by atoms with Crippen molar-refractivity contribution in [3.05, 3.63) is 99.9 Å². The van der Waals surface area contributed by atoms with E-state index in [1.807, 2.05) is 24.3 Å². The highest BCUT2D eigenvalue weighted by Crippen LogP contribution is 2.42. The van der Waals surface area contributed by atoms with E-state index in [0.717, 1.165) is 11.6 Å². The molecular formula is C27H19F3N4O4. The van der Waals surface area contributed by atoms with Gasteiger partial charge < -0.3 is 14.5 Å². The SMILES string of the molecule is C=CCc1cc(/C=C(\C#N)c2nc3ccccc3[nH]2)cc(OC)c1Oc1ccc(C(F)(F)F)cc1[N+](=O)[O-]. The van der Waals surface area contributed by atoms with Gasteiger partial charge in [-0.1, -0.05) is 18.2 Å². The molecule has 8 nitrogen and oxygen atoms in total. The second kappa shape index (κ2) is 10.5. The highest BCUT2D eigenvalue weighted by atomic mass is 19.4. The first-order valence-corrected chi connectivity index (χ1v) is 11.1. The topological polar surface area (TPSA) is 114 Å². The summed E-state index contributed by atoms with van der Waals surface area (Å²) in [5, 5.41) is 21.3.